The van der Waals surface area contributed by atoms with Crippen molar-refractivity contribution in [2.24, 2.45) is 0 Å². The lowest BCUT2D eigenvalue weighted by Gasteiger charge is -2.26. The van der Waals surface area contributed by atoms with Crippen LogP contribution in [-0.4, -0.2) is 17.4 Å². The quantitative estimate of drug-likeness (QED) is 0.193. The molecule has 0 aromatic carbocycles. The van der Waals surface area contributed by atoms with Gasteiger partial charge in [0.05, 0.1) is 0 Å². The molecule has 0 aliphatic heterocycles. The zero-order valence-corrected chi connectivity index (χ0v) is 18.7. The van der Waals surface area contributed by atoms with E-state index in [4.69, 9.17) is 0 Å². The minimum absolute atomic E-state index is 0. The van der Waals surface area contributed by atoms with E-state index in [1.54, 1.807) is 0 Å². The van der Waals surface area contributed by atoms with Crippen molar-refractivity contribution in [3.63, 3.8) is 0 Å². The summed E-state index contributed by atoms with van der Waals surface area (Å²) in [6.45, 7) is 8.19. The number of hydrogen-bond donors (Lipinski definition) is 1. The fourth-order valence-corrected chi connectivity index (χ4v) is 3.19. The Morgan fingerprint density at radius 1 is 0.727 bits per heavy atom. The molecule has 0 bridgehead atoms. The summed E-state index contributed by atoms with van der Waals surface area (Å²) in [4.78, 5) is 0. The zero-order chi connectivity index (χ0) is 15.8. The summed E-state index contributed by atoms with van der Waals surface area (Å²) in [6.07, 6.45) is 18.1. The minimum Gasteiger partial charge on any atom is -0.312 e. The molecular weight excluding hydrogens is 402 g/mol. The van der Waals surface area contributed by atoms with Crippen LogP contribution in [0.5, 0.6) is 0 Å². The lowest BCUT2D eigenvalue weighted by atomic mass is 9.95. The van der Waals surface area contributed by atoms with E-state index in [0.717, 1.165) is 5.33 Å². The van der Waals surface area contributed by atoms with E-state index in [9.17, 15) is 0 Å². The standard InChI is InChI=1S/C19H40BrN.BrH/c1-4-5-6-7-8-9-10-11-13-16-19(2,3)21-18-15-12-14-17-20;/h21H,4-18H2,1-3H3;1H. The highest BCUT2D eigenvalue weighted by Gasteiger charge is 2.15. The molecule has 0 atom stereocenters. The van der Waals surface area contributed by atoms with Gasteiger partial charge in [0.25, 0.3) is 0 Å². The first-order chi connectivity index (χ1) is 10.1. The van der Waals surface area contributed by atoms with Crippen LogP contribution in [0, 0.1) is 0 Å². The lowest BCUT2D eigenvalue weighted by molar-refractivity contribution is 0.343. The van der Waals surface area contributed by atoms with Gasteiger partial charge in [0.15, 0.2) is 0 Å². The van der Waals surface area contributed by atoms with Gasteiger partial charge in [-0.1, -0.05) is 87.1 Å². The molecule has 0 rings (SSSR count). The highest BCUT2D eigenvalue weighted by atomic mass is 79.9. The van der Waals surface area contributed by atoms with Gasteiger partial charge in [-0.15, -0.1) is 17.0 Å². The third-order valence-electron chi connectivity index (χ3n) is 4.32. The molecule has 22 heavy (non-hydrogen) atoms. The molecule has 0 aromatic rings. The monoisotopic (exact) mass is 441 g/mol. The largest absolute Gasteiger partial charge is 0.312 e. The van der Waals surface area contributed by atoms with E-state index in [1.165, 1.54) is 90.0 Å². The van der Waals surface area contributed by atoms with Crippen LogP contribution in [-0.2, 0) is 0 Å². The maximum atomic E-state index is 3.73. The van der Waals surface area contributed by atoms with Crippen molar-refractivity contribution in [1.82, 2.24) is 5.32 Å². The van der Waals surface area contributed by atoms with E-state index in [1.807, 2.05) is 0 Å². The number of alkyl halides is 1. The topological polar surface area (TPSA) is 12.0 Å². The first-order valence-corrected chi connectivity index (χ1v) is 10.6. The molecule has 3 heteroatoms. The Hall–Kier alpha value is 0.920. The number of rotatable bonds is 16. The van der Waals surface area contributed by atoms with E-state index < -0.39 is 0 Å². The van der Waals surface area contributed by atoms with Crippen molar-refractivity contribution < 1.29 is 0 Å². The van der Waals surface area contributed by atoms with Crippen LogP contribution in [0.4, 0.5) is 0 Å². The van der Waals surface area contributed by atoms with Crippen LogP contribution in [0.15, 0.2) is 0 Å². The zero-order valence-electron chi connectivity index (χ0n) is 15.4. The predicted octanol–water partition coefficient (Wildman–Crippen LogP) is 7.42. The van der Waals surface area contributed by atoms with E-state index >= 15 is 0 Å². The van der Waals surface area contributed by atoms with Crippen molar-refractivity contribution >= 4 is 32.9 Å². The SMILES string of the molecule is Br.CCCCCCCCCCCC(C)(C)NCCCCCBr. The minimum atomic E-state index is 0. The summed E-state index contributed by atoms with van der Waals surface area (Å²) in [7, 11) is 0. The van der Waals surface area contributed by atoms with Crippen LogP contribution in [0.2, 0.25) is 0 Å². The maximum Gasteiger partial charge on any atom is 0.0125 e. The van der Waals surface area contributed by atoms with Crippen LogP contribution in [0.1, 0.15) is 104 Å². The molecule has 0 amide bonds. The van der Waals surface area contributed by atoms with E-state index in [0.29, 0.717) is 5.54 Å². The molecule has 0 fully saturated rings. The van der Waals surface area contributed by atoms with Gasteiger partial charge < -0.3 is 5.32 Å². The molecule has 0 aromatic heterocycles. The molecule has 0 saturated carbocycles. The Kier molecular flexibility index (Phi) is 20.9. The highest BCUT2D eigenvalue weighted by molar-refractivity contribution is 9.09. The molecule has 0 spiro atoms. The summed E-state index contributed by atoms with van der Waals surface area (Å²) in [6, 6.07) is 0. The van der Waals surface area contributed by atoms with Gasteiger partial charge in [0, 0.05) is 10.9 Å². The first-order valence-electron chi connectivity index (χ1n) is 9.43. The van der Waals surface area contributed by atoms with Gasteiger partial charge in [0.2, 0.25) is 0 Å². The van der Waals surface area contributed by atoms with Crippen molar-refractivity contribution in [3.05, 3.63) is 0 Å². The fraction of sp³-hybridized carbons (Fsp3) is 1.00. The number of halogens is 2. The number of unbranched alkanes of at least 4 members (excludes halogenated alkanes) is 10. The van der Waals surface area contributed by atoms with E-state index in [-0.39, 0.29) is 17.0 Å². The van der Waals surface area contributed by atoms with Gasteiger partial charge >= 0.3 is 0 Å². The van der Waals surface area contributed by atoms with Crippen molar-refractivity contribution in [1.29, 1.82) is 0 Å². The molecule has 1 N–H and O–H groups in total. The smallest absolute Gasteiger partial charge is 0.0125 e. The third-order valence-corrected chi connectivity index (χ3v) is 4.88. The van der Waals surface area contributed by atoms with Gasteiger partial charge in [-0.2, -0.15) is 0 Å². The molecule has 1 nitrogen and oxygen atoms in total. The van der Waals surface area contributed by atoms with Crippen molar-refractivity contribution in [3.8, 4) is 0 Å². The second-order valence-corrected chi connectivity index (χ2v) is 7.93. The summed E-state index contributed by atoms with van der Waals surface area (Å²) in [5.41, 5.74) is 0.329. The van der Waals surface area contributed by atoms with Gasteiger partial charge in [-0.05, 0) is 39.7 Å². The van der Waals surface area contributed by atoms with Crippen LogP contribution in [0.25, 0.3) is 0 Å². The second-order valence-electron chi connectivity index (χ2n) is 7.14. The molecule has 0 unspecified atom stereocenters. The highest BCUT2D eigenvalue weighted by Crippen LogP contribution is 2.16. The summed E-state index contributed by atoms with van der Waals surface area (Å²) >= 11 is 3.49. The van der Waals surface area contributed by atoms with Gasteiger partial charge in [-0.25, -0.2) is 0 Å². The predicted molar refractivity (Wildman–Crippen MR) is 112 cm³/mol. The van der Waals surface area contributed by atoms with Crippen molar-refractivity contribution in [2.75, 3.05) is 11.9 Å². The molecule has 136 valence electrons. The average Bonchev–Trinajstić information content (AvgIpc) is 2.45. The first kappa shape index (κ1) is 25.2. The molecule has 0 saturated heterocycles. The van der Waals surface area contributed by atoms with Gasteiger partial charge in [-0.3, -0.25) is 0 Å². The van der Waals surface area contributed by atoms with Gasteiger partial charge in [0.1, 0.15) is 0 Å². The summed E-state index contributed by atoms with van der Waals surface area (Å²) in [5.74, 6) is 0. The Morgan fingerprint density at radius 3 is 1.77 bits per heavy atom. The average molecular weight is 443 g/mol. The maximum absolute atomic E-state index is 3.73. The van der Waals surface area contributed by atoms with Crippen LogP contribution in [0.3, 0.4) is 0 Å². The molecule has 0 aliphatic rings. The molecule has 0 radical (unpaired) electrons. The molecular formula is C19H41Br2N. The number of nitrogens with one attached hydrogen (secondary N) is 1. The van der Waals surface area contributed by atoms with Crippen molar-refractivity contribution in [2.45, 2.75) is 110 Å². The lowest BCUT2D eigenvalue weighted by Crippen LogP contribution is -2.39. The number of hydrogen-bond acceptors (Lipinski definition) is 1. The fourth-order valence-electron chi connectivity index (χ4n) is 2.79. The van der Waals surface area contributed by atoms with Crippen LogP contribution < -0.4 is 5.32 Å². The Labute approximate surface area is 159 Å². The molecule has 0 heterocycles. The normalized spacial score (nSPS) is 11.5. The summed E-state index contributed by atoms with van der Waals surface area (Å²) < 4.78 is 0. The molecule has 0 aliphatic carbocycles. The Balaban J connectivity index is 0. The van der Waals surface area contributed by atoms with Crippen LogP contribution >= 0.6 is 32.9 Å². The van der Waals surface area contributed by atoms with E-state index in [2.05, 4.69) is 42.0 Å². The second kappa shape index (κ2) is 18.3. The summed E-state index contributed by atoms with van der Waals surface area (Å²) in [5, 5.41) is 4.88. The third kappa shape index (κ3) is 19.0. The Morgan fingerprint density at radius 2 is 1.23 bits per heavy atom. The Bertz CT molecular complexity index is 208.